The molecule has 0 nitrogen and oxygen atoms in total. The first-order valence-electron chi connectivity index (χ1n) is 5.62. The lowest BCUT2D eigenvalue weighted by molar-refractivity contribution is -0.0867. The Morgan fingerprint density at radius 3 is 2.22 bits per heavy atom. The Labute approximate surface area is 118 Å². The van der Waals surface area contributed by atoms with Gasteiger partial charge in [0.1, 0.15) is 0 Å². The molecule has 0 saturated carbocycles. The van der Waals surface area contributed by atoms with Gasteiger partial charge in [-0.1, -0.05) is 19.9 Å². The number of fused-ring (bicyclic) bond motifs is 1. The highest BCUT2D eigenvalue weighted by Gasteiger charge is 2.47. The highest BCUT2D eigenvalue weighted by Crippen LogP contribution is 2.51. The van der Waals surface area contributed by atoms with E-state index in [-0.39, 0.29) is 17.0 Å². The number of thiophene rings is 1. The molecule has 18 heavy (non-hydrogen) atoms. The van der Waals surface area contributed by atoms with Gasteiger partial charge in [-0.2, -0.15) is 0 Å². The molecule has 1 heterocycles. The van der Waals surface area contributed by atoms with E-state index < -0.39 is 16.0 Å². The van der Waals surface area contributed by atoms with Gasteiger partial charge < -0.3 is 17.0 Å². The molecule has 0 saturated heterocycles. The van der Waals surface area contributed by atoms with Crippen LogP contribution in [0.1, 0.15) is 24.3 Å². The number of hydrogen-bond acceptors (Lipinski definition) is 0. The summed E-state index contributed by atoms with van der Waals surface area (Å²) in [5, 5.41) is 0.752. The Balaban J connectivity index is 0.00000162. The van der Waals surface area contributed by atoms with Crippen LogP contribution in [0.25, 0.3) is 10.1 Å². The Bertz CT molecular complexity index is 543. The molecule has 0 aliphatic rings. The van der Waals surface area contributed by atoms with E-state index in [2.05, 4.69) is 0 Å². The first-order chi connectivity index (χ1) is 7.97. The molecule has 1 aromatic heterocycles. The van der Waals surface area contributed by atoms with E-state index in [1.54, 1.807) is 25.1 Å². The van der Waals surface area contributed by atoms with Crippen molar-refractivity contribution in [3.8, 4) is 0 Å². The summed E-state index contributed by atoms with van der Waals surface area (Å²) >= 11 is 0. The van der Waals surface area contributed by atoms with E-state index in [1.165, 1.54) is 0 Å². The number of halogens is 4. The van der Waals surface area contributed by atoms with Crippen LogP contribution in [0.4, 0.5) is 13.2 Å². The monoisotopic (exact) mass is 338 g/mol. The molecular formula is C13H14BrF3S. The minimum atomic E-state index is -4.15. The Morgan fingerprint density at radius 1 is 1.06 bits per heavy atom. The van der Waals surface area contributed by atoms with Crippen molar-refractivity contribution in [1.29, 1.82) is 0 Å². The van der Waals surface area contributed by atoms with Crippen LogP contribution in [0.2, 0.25) is 0 Å². The van der Waals surface area contributed by atoms with Crippen LogP contribution in [-0.4, -0.2) is 0 Å². The summed E-state index contributed by atoms with van der Waals surface area (Å²) in [6.07, 6.45) is 1.31. The van der Waals surface area contributed by atoms with Crippen molar-refractivity contribution in [3.05, 3.63) is 34.7 Å². The summed E-state index contributed by atoms with van der Waals surface area (Å²) in [4.78, 5) is 0.501. The summed E-state index contributed by atoms with van der Waals surface area (Å²) in [5.41, 5.74) is -3.07. The molecule has 0 fully saturated rings. The zero-order valence-electron chi connectivity index (χ0n) is 10.1. The Kier molecular flexibility index (Phi) is 4.84. The van der Waals surface area contributed by atoms with Crippen LogP contribution in [0.15, 0.2) is 24.3 Å². The first-order valence-corrected chi connectivity index (χ1v) is 6.84. The van der Waals surface area contributed by atoms with Crippen molar-refractivity contribution < 1.29 is 30.2 Å². The molecule has 0 N–H and O–H groups in total. The number of alkyl halides is 3. The lowest BCUT2D eigenvalue weighted by atomic mass is 10.1. The van der Waals surface area contributed by atoms with Crippen molar-refractivity contribution in [2.24, 2.45) is 0 Å². The molecule has 1 unspecified atom stereocenters. The summed E-state index contributed by atoms with van der Waals surface area (Å²) < 4.78 is 39.5. The van der Waals surface area contributed by atoms with Crippen LogP contribution in [0, 0.1) is 0 Å². The van der Waals surface area contributed by atoms with Crippen LogP contribution in [0.5, 0.6) is 0 Å². The summed E-state index contributed by atoms with van der Waals surface area (Å²) in [6.45, 7) is 3.79. The zero-order valence-corrected chi connectivity index (χ0v) is 12.5. The average Bonchev–Trinajstić information content (AvgIpc) is 2.65. The number of rotatable bonds is 2. The first kappa shape index (κ1) is 15.5. The zero-order chi connectivity index (χ0) is 12.6. The summed E-state index contributed by atoms with van der Waals surface area (Å²) in [5.74, 6) is 0. The number of hydrogen-bond donors (Lipinski definition) is 0. The standard InChI is InChI=1S/C13H14F3S.BrH/c1-3-9-5-6-12-10(7-9)8-11(4-2)17(12)13(14,15)16;/h5-8H,3-4H2,1-2H3;1H/q+1;/p-1. The maximum Gasteiger partial charge on any atom is 0.600 e. The van der Waals surface area contributed by atoms with Crippen LogP contribution < -0.4 is 17.0 Å². The molecule has 0 aliphatic carbocycles. The maximum atomic E-state index is 13.0. The molecule has 100 valence electrons. The van der Waals surface area contributed by atoms with E-state index >= 15 is 0 Å². The minimum absolute atomic E-state index is 0. The predicted octanol–water partition coefficient (Wildman–Crippen LogP) is 2.19. The van der Waals surface area contributed by atoms with Gasteiger partial charge in [-0.05, 0) is 24.1 Å². The molecule has 2 rings (SSSR count). The van der Waals surface area contributed by atoms with Crippen molar-refractivity contribution in [1.82, 2.24) is 0 Å². The van der Waals surface area contributed by atoms with Gasteiger partial charge in [0.15, 0.2) is 9.58 Å². The highest BCUT2D eigenvalue weighted by atomic mass is 79.9. The molecule has 0 aliphatic heterocycles. The van der Waals surface area contributed by atoms with Crippen LogP contribution in [-0.2, 0) is 18.3 Å². The third-order valence-electron chi connectivity index (χ3n) is 2.86. The van der Waals surface area contributed by atoms with Gasteiger partial charge >= 0.3 is 5.51 Å². The van der Waals surface area contributed by atoms with Crippen molar-refractivity contribution in [2.45, 2.75) is 32.2 Å². The molecule has 0 spiro atoms. The fourth-order valence-corrected chi connectivity index (χ4v) is 3.93. The molecule has 0 radical (unpaired) electrons. The van der Waals surface area contributed by atoms with Crippen LogP contribution in [0.3, 0.4) is 0 Å². The smallest absolute Gasteiger partial charge is 0.600 e. The van der Waals surface area contributed by atoms with Crippen LogP contribution >= 0.6 is 10.5 Å². The van der Waals surface area contributed by atoms with E-state index in [0.29, 0.717) is 16.0 Å². The third kappa shape index (κ3) is 2.72. The minimum Gasteiger partial charge on any atom is -1.00 e. The molecule has 0 amide bonds. The largest absolute Gasteiger partial charge is 1.00 e. The molecule has 5 heteroatoms. The van der Waals surface area contributed by atoms with Crippen molar-refractivity contribution >= 4 is 20.6 Å². The quantitative estimate of drug-likeness (QED) is 0.736. The van der Waals surface area contributed by atoms with Gasteiger partial charge in [-0.15, -0.1) is 13.2 Å². The van der Waals surface area contributed by atoms with E-state index in [4.69, 9.17) is 0 Å². The number of benzene rings is 1. The van der Waals surface area contributed by atoms with Gasteiger partial charge in [0.25, 0.3) is 0 Å². The normalized spacial score (nSPS) is 12.6. The molecule has 1 aromatic carbocycles. The molecule has 1 atom stereocenters. The maximum absolute atomic E-state index is 13.0. The van der Waals surface area contributed by atoms with Gasteiger partial charge in [-0.3, -0.25) is 0 Å². The van der Waals surface area contributed by atoms with Gasteiger partial charge in [-0.25, -0.2) is 0 Å². The van der Waals surface area contributed by atoms with E-state index in [0.717, 1.165) is 17.4 Å². The second kappa shape index (κ2) is 5.61. The van der Waals surface area contributed by atoms with E-state index in [9.17, 15) is 13.2 Å². The van der Waals surface area contributed by atoms with Gasteiger partial charge in [0, 0.05) is 17.9 Å². The molecule has 2 aromatic rings. The van der Waals surface area contributed by atoms with Crippen molar-refractivity contribution in [3.63, 3.8) is 0 Å². The predicted molar refractivity (Wildman–Crippen MR) is 66.5 cm³/mol. The summed E-state index contributed by atoms with van der Waals surface area (Å²) in [7, 11) is -1.71. The SMILES string of the molecule is CCc1ccc2c(c1)cc(CC)[s+]2C(F)(F)F.[Br-]. The highest BCUT2D eigenvalue weighted by molar-refractivity contribution is 7.38. The lowest BCUT2D eigenvalue weighted by Gasteiger charge is -1.99. The fraction of sp³-hybridized carbons (Fsp3) is 0.385. The van der Waals surface area contributed by atoms with Gasteiger partial charge in [0.05, 0.1) is 10.5 Å². The average molecular weight is 339 g/mol. The third-order valence-corrected chi connectivity index (χ3v) is 5.07. The van der Waals surface area contributed by atoms with E-state index in [1.807, 2.05) is 13.0 Å². The lowest BCUT2D eigenvalue weighted by Crippen LogP contribution is -3.00. The Hall–Kier alpha value is -0.550. The van der Waals surface area contributed by atoms with Crippen molar-refractivity contribution in [2.75, 3.05) is 0 Å². The Morgan fingerprint density at radius 2 is 1.72 bits per heavy atom. The van der Waals surface area contributed by atoms with Gasteiger partial charge in [0.2, 0.25) is 0 Å². The molecular weight excluding hydrogens is 325 g/mol. The summed E-state index contributed by atoms with van der Waals surface area (Å²) in [6, 6.07) is 7.04. The second-order valence-electron chi connectivity index (χ2n) is 3.94. The fourth-order valence-electron chi connectivity index (χ4n) is 2.01. The molecule has 0 bridgehead atoms. The number of aryl methyl sites for hydroxylation is 2. The second-order valence-corrected chi connectivity index (χ2v) is 5.98. The topological polar surface area (TPSA) is 0 Å².